The molecule has 0 amide bonds. The third-order valence-corrected chi connectivity index (χ3v) is 2.08. The molecule has 74 valence electrons. The number of rotatable bonds is 3. The lowest BCUT2D eigenvalue weighted by atomic mass is 10.1. The summed E-state index contributed by atoms with van der Waals surface area (Å²) in [6, 6.07) is 5.26. The van der Waals surface area contributed by atoms with Gasteiger partial charge in [0, 0.05) is 6.92 Å². The smallest absolute Gasteiger partial charge is 0.253 e. The molecular formula is C11H13NO2. The lowest BCUT2D eigenvalue weighted by molar-refractivity contribution is 0.383. The SMILES string of the molecule is [C-]#[N+]C(C)c1c(OC)cccc1OC. The van der Waals surface area contributed by atoms with E-state index in [4.69, 9.17) is 16.0 Å². The molecule has 0 saturated carbocycles. The Morgan fingerprint density at radius 1 is 1.21 bits per heavy atom. The van der Waals surface area contributed by atoms with E-state index in [-0.39, 0.29) is 6.04 Å². The van der Waals surface area contributed by atoms with Gasteiger partial charge in [-0.25, -0.2) is 6.57 Å². The molecule has 3 nitrogen and oxygen atoms in total. The monoisotopic (exact) mass is 191 g/mol. The molecule has 0 spiro atoms. The van der Waals surface area contributed by atoms with Crippen LogP contribution in [0.3, 0.4) is 0 Å². The molecule has 0 radical (unpaired) electrons. The topological polar surface area (TPSA) is 22.8 Å². The summed E-state index contributed by atoms with van der Waals surface area (Å²) in [5, 5.41) is 0. The standard InChI is InChI=1S/C11H13NO2/c1-8(12-2)11-9(13-3)6-5-7-10(11)14-4/h5-8H,1,3-4H3. The minimum Gasteiger partial charge on any atom is -0.496 e. The number of methoxy groups -OCH3 is 2. The van der Waals surface area contributed by atoms with Crippen LogP contribution in [0.5, 0.6) is 11.5 Å². The normalized spacial score (nSPS) is 11.6. The minimum atomic E-state index is -0.249. The molecular weight excluding hydrogens is 178 g/mol. The molecule has 0 saturated heterocycles. The fourth-order valence-corrected chi connectivity index (χ4v) is 1.36. The first kappa shape index (κ1) is 10.4. The van der Waals surface area contributed by atoms with Gasteiger partial charge in [-0.3, -0.25) is 0 Å². The van der Waals surface area contributed by atoms with E-state index >= 15 is 0 Å². The summed E-state index contributed by atoms with van der Waals surface area (Å²) in [6.07, 6.45) is 0. The first-order valence-electron chi connectivity index (χ1n) is 4.32. The van der Waals surface area contributed by atoms with Crippen molar-refractivity contribution in [3.63, 3.8) is 0 Å². The number of hydrogen-bond donors (Lipinski definition) is 0. The van der Waals surface area contributed by atoms with Crippen LogP contribution in [0.1, 0.15) is 18.5 Å². The molecule has 1 rings (SSSR count). The van der Waals surface area contributed by atoms with Gasteiger partial charge in [0.15, 0.2) is 0 Å². The Bertz CT molecular complexity index is 333. The van der Waals surface area contributed by atoms with Crippen molar-refractivity contribution in [2.75, 3.05) is 14.2 Å². The Hall–Kier alpha value is -1.69. The zero-order valence-corrected chi connectivity index (χ0v) is 8.57. The molecule has 3 heteroatoms. The van der Waals surface area contributed by atoms with Gasteiger partial charge in [-0.15, -0.1) is 0 Å². The predicted octanol–water partition coefficient (Wildman–Crippen LogP) is 2.68. The van der Waals surface area contributed by atoms with Crippen LogP contribution in [0.2, 0.25) is 0 Å². The third-order valence-electron chi connectivity index (χ3n) is 2.08. The van der Waals surface area contributed by atoms with E-state index in [1.165, 1.54) is 0 Å². The second-order valence-electron chi connectivity index (χ2n) is 2.88. The Labute approximate surface area is 84.1 Å². The second kappa shape index (κ2) is 4.52. The van der Waals surface area contributed by atoms with Crippen LogP contribution in [0, 0.1) is 6.57 Å². The maximum atomic E-state index is 7.00. The van der Waals surface area contributed by atoms with E-state index in [1.54, 1.807) is 14.2 Å². The summed E-state index contributed by atoms with van der Waals surface area (Å²) < 4.78 is 10.4. The number of nitrogens with zero attached hydrogens (tertiary/aromatic N) is 1. The van der Waals surface area contributed by atoms with Crippen LogP contribution >= 0.6 is 0 Å². The van der Waals surface area contributed by atoms with Gasteiger partial charge in [-0.2, -0.15) is 0 Å². The summed E-state index contributed by atoms with van der Waals surface area (Å²) in [6.45, 7) is 8.83. The van der Waals surface area contributed by atoms with E-state index in [9.17, 15) is 0 Å². The minimum absolute atomic E-state index is 0.249. The maximum absolute atomic E-state index is 7.00. The largest absolute Gasteiger partial charge is 0.496 e. The molecule has 1 aromatic carbocycles. The van der Waals surface area contributed by atoms with Crippen molar-refractivity contribution in [1.29, 1.82) is 0 Å². The Kier molecular flexibility index (Phi) is 3.35. The van der Waals surface area contributed by atoms with Crippen molar-refractivity contribution in [3.8, 4) is 11.5 Å². The van der Waals surface area contributed by atoms with Crippen molar-refractivity contribution in [1.82, 2.24) is 0 Å². The van der Waals surface area contributed by atoms with Gasteiger partial charge < -0.3 is 14.3 Å². The van der Waals surface area contributed by atoms with E-state index in [0.717, 1.165) is 5.56 Å². The predicted molar refractivity (Wildman–Crippen MR) is 54.6 cm³/mol. The molecule has 0 aliphatic heterocycles. The van der Waals surface area contributed by atoms with E-state index < -0.39 is 0 Å². The Morgan fingerprint density at radius 3 is 2.07 bits per heavy atom. The highest BCUT2D eigenvalue weighted by atomic mass is 16.5. The van der Waals surface area contributed by atoms with Crippen molar-refractivity contribution in [2.45, 2.75) is 13.0 Å². The van der Waals surface area contributed by atoms with Crippen molar-refractivity contribution >= 4 is 0 Å². The molecule has 1 aromatic rings. The lowest BCUT2D eigenvalue weighted by Crippen LogP contribution is -1.98. The summed E-state index contributed by atoms with van der Waals surface area (Å²) in [5.74, 6) is 1.40. The zero-order chi connectivity index (χ0) is 10.6. The van der Waals surface area contributed by atoms with E-state index in [2.05, 4.69) is 4.85 Å². The van der Waals surface area contributed by atoms with Crippen molar-refractivity contribution in [2.24, 2.45) is 0 Å². The molecule has 0 aliphatic rings. The van der Waals surface area contributed by atoms with Gasteiger partial charge in [-0.05, 0) is 12.1 Å². The summed E-state index contributed by atoms with van der Waals surface area (Å²) in [4.78, 5) is 3.47. The van der Waals surface area contributed by atoms with Gasteiger partial charge in [0.05, 0.1) is 14.2 Å². The number of benzene rings is 1. The first-order valence-corrected chi connectivity index (χ1v) is 4.32. The van der Waals surface area contributed by atoms with Crippen LogP contribution in [-0.4, -0.2) is 14.2 Å². The Balaban J connectivity index is 3.27. The third kappa shape index (κ3) is 1.80. The molecule has 0 aromatic heterocycles. The van der Waals surface area contributed by atoms with E-state index in [0.29, 0.717) is 11.5 Å². The first-order chi connectivity index (χ1) is 6.74. The molecule has 0 N–H and O–H groups in total. The maximum Gasteiger partial charge on any atom is 0.253 e. The lowest BCUT2D eigenvalue weighted by Gasteiger charge is -2.11. The number of ether oxygens (including phenoxy) is 2. The summed E-state index contributed by atoms with van der Waals surface area (Å²) in [7, 11) is 3.18. The molecule has 14 heavy (non-hydrogen) atoms. The van der Waals surface area contributed by atoms with Crippen molar-refractivity contribution in [3.05, 3.63) is 35.2 Å². The van der Waals surface area contributed by atoms with Crippen LogP contribution < -0.4 is 9.47 Å². The quantitative estimate of drug-likeness (QED) is 0.685. The van der Waals surface area contributed by atoms with Crippen LogP contribution in [0.15, 0.2) is 18.2 Å². The van der Waals surface area contributed by atoms with E-state index in [1.807, 2.05) is 25.1 Å². The van der Waals surface area contributed by atoms with Gasteiger partial charge in [-0.1, -0.05) is 6.07 Å². The molecule has 1 unspecified atom stereocenters. The fraction of sp³-hybridized carbons (Fsp3) is 0.364. The molecule has 0 bridgehead atoms. The molecule has 1 atom stereocenters. The highest BCUT2D eigenvalue weighted by Gasteiger charge is 2.20. The summed E-state index contributed by atoms with van der Waals surface area (Å²) >= 11 is 0. The molecule has 0 aliphatic carbocycles. The molecule has 0 fully saturated rings. The van der Waals surface area contributed by atoms with Gasteiger partial charge in [0.25, 0.3) is 6.04 Å². The van der Waals surface area contributed by atoms with Gasteiger partial charge in [0.2, 0.25) is 0 Å². The zero-order valence-electron chi connectivity index (χ0n) is 8.57. The van der Waals surface area contributed by atoms with Gasteiger partial charge in [0.1, 0.15) is 17.1 Å². The average molecular weight is 191 g/mol. The average Bonchev–Trinajstić information content (AvgIpc) is 2.26. The fourth-order valence-electron chi connectivity index (χ4n) is 1.36. The number of hydrogen-bond acceptors (Lipinski definition) is 2. The Morgan fingerprint density at radius 2 is 1.71 bits per heavy atom. The van der Waals surface area contributed by atoms with Crippen molar-refractivity contribution < 1.29 is 9.47 Å². The highest BCUT2D eigenvalue weighted by Crippen LogP contribution is 2.35. The van der Waals surface area contributed by atoms with Gasteiger partial charge >= 0.3 is 0 Å². The van der Waals surface area contributed by atoms with Crippen LogP contribution in [-0.2, 0) is 0 Å². The summed E-state index contributed by atoms with van der Waals surface area (Å²) in [5.41, 5.74) is 0.813. The molecule has 0 heterocycles. The highest BCUT2D eigenvalue weighted by molar-refractivity contribution is 5.47. The second-order valence-corrected chi connectivity index (χ2v) is 2.88. The van der Waals surface area contributed by atoms with Crippen LogP contribution in [0.25, 0.3) is 4.85 Å². The van der Waals surface area contributed by atoms with Crippen LogP contribution in [0.4, 0.5) is 0 Å².